The van der Waals surface area contributed by atoms with Crippen LogP contribution in [0.1, 0.15) is 37.8 Å². The number of fused-ring (bicyclic) bond motifs is 2. The van der Waals surface area contributed by atoms with E-state index in [1.165, 1.54) is 0 Å². The second-order valence-corrected chi connectivity index (χ2v) is 7.13. The minimum absolute atomic E-state index is 0.321. The molecule has 2 unspecified atom stereocenters. The number of hydrogen-bond acceptors (Lipinski definition) is 4. The van der Waals surface area contributed by atoms with E-state index in [4.69, 9.17) is 11.5 Å². The average molecular weight is 346 g/mol. The molecule has 2 atom stereocenters. The van der Waals surface area contributed by atoms with Gasteiger partial charge in [-0.1, -0.05) is 24.3 Å². The van der Waals surface area contributed by atoms with E-state index in [1.807, 2.05) is 36.4 Å². The van der Waals surface area contributed by atoms with Crippen LogP contribution in [0.5, 0.6) is 0 Å². The molecule has 0 spiro atoms. The van der Waals surface area contributed by atoms with Gasteiger partial charge in [0.15, 0.2) is 0 Å². The fourth-order valence-electron chi connectivity index (χ4n) is 4.50. The summed E-state index contributed by atoms with van der Waals surface area (Å²) in [5.41, 5.74) is 16.7. The molecule has 2 aromatic carbocycles. The molecule has 0 saturated heterocycles. The van der Waals surface area contributed by atoms with Crippen LogP contribution in [0.25, 0.3) is 22.1 Å². The summed E-state index contributed by atoms with van der Waals surface area (Å²) in [6.45, 7) is 0. The van der Waals surface area contributed by atoms with Crippen LogP contribution in [0.4, 0.5) is 11.9 Å². The molecule has 0 amide bonds. The molecule has 132 valence electrons. The van der Waals surface area contributed by atoms with Gasteiger partial charge in [0.2, 0.25) is 11.9 Å². The van der Waals surface area contributed by atoms with Gasteiger partial charge in [-0.25, -0.2) is 9.97 Å². The summed E-state index contributed by atoms with van der Waals surface area (Å²) in [4.78, 5) is 9.08. The van der Waals surface area contributed by atoms with E-state index in [0.717, 1.165) is 47.8 Å². The smallest absolute Gasteiger partial charge is 0.201 e. The molecular weight excluding hydrogens is 324 g/mol. The van der Waals surface area contributed by atoms with Crippen LogP contribution in [0, 0.1) is 0 Å². The van der Waals surface area contributed by atoms with E-state index in [1.54, 1.807) is 0 Å². The van der Waals surface area contributed by atoms with Crippen molar-refractivity contribution in [2.24, 2.45) is 0 Å². The summed E-state index contributed by atoms with van der Waals surface area (Å²) in [6.07, 6.45) is 4.32. The van der Waals surface area contributed by atoms with Crippen LogP contribution in [0.15, 0.2) is 48.5 Å². The SMILES string of the molecule is Nc1nc2ccccc2n1C1CCCC(n2c(N)nc3ccccc32)C1. The Balaban J connectivity index is 1.55. The van der Waals surface area contributed by atoms with Gasteiger partial charge in [-0.15, -0.1) is 0 Å². The lowest BCUT2D eigenvalue weighted by Crippen LogP contribution is -2.23. The van der Waals surface area contributed by atoms with Crippen molar-refractivity contribution in [2.45, 2.75) is 37.8 Å². The zero-order valence-electron chi connectivity index (χ0n) is 14.5. The zero-order chi connectivity index (χ0) is 17.7. The molecule has 2 heterocycles. The van der Waals surface area contributed by atoms with Crippen LogP contribution in [0.2, 0.25) is 0 Å². The largest absolute Gasteiger partial charge is 0.369 e. The van der Waals surface area contributed by atoms with E-state index in [-0.39, 0.29) is 0 Å². The Morgan fingerprint density at radius 3 is 1.69 bits per heavy atom. The Labute approximate surface area is 151 Å². The van der Waals surface area contributed by atoms with E-state index in [9.17, 15) is 0 Å². The fraction of sp³-hybridized carbons (Fsp3) is 0.300. The number of nitrogens with zero attached hydrogens (tertiary/aromatic N) is 4. The van der Waals surface area contributed by atoms with Gasteiger partial charge in [-0.3, -0.25) is 0 Å². The Morgan fingerprint density at radius 1 is 0.731 bits per heavy atom. The summed E-state index contributed by atoms with van der Waals surface area (Å²) in [5.74, 6) is 1.20. The molecule has 4 aromatic rings. The monoisotopic (exact) mass is 346 g/mol. The minimum Gasteiger partial charge on any atom is -0.369 e. The zero-order valence-corrected chi connectivity index (χ0v) is 14.5. The van der Waals surface area contributed by atoms with Gasteiger partial charge in [-0.05, 0) is 49.9 Å². The molecule has 5 rings (SSSR count). The van der Waals surface area contributed by atoms with E-state index < -0.39 is 0 Å². The summed E-state index contributed by atoms with van der Waals surface area (Å²) in [5, 5.41) is 0. The highest BCUT2D eigenvalue weighted by atomic mass is 15.2. The highest BCUT2D eigenvalue weighted by Gasteiger charge is 2.28. The first-order valence-electron chi connectivity index (χ1n) is 9.17. The number of rotatable bonds is 2. The van der Waals surface area contributed by atoms with Crippen molar-refractivity contribution in [1.82, 2.24) is 19.1 Å². The van der Waals surface area contributed by atoms with Gasteiger partial charge in [-0.2, -0.15) is 0 Å². The first-order valence-corrected chi connectivity index (χ1v) is 9.17. The molecule has 26 heavy (non-hydrogen) atoms. The van der Waals surface area contributed by atoms with Gasteiger partial charge >= 0.3 is 0 Å². The topological polar surface area (TPSA) is 87.7 Å². The van der Waals surface area contributed by atoms with Crippen molar-refractivity contribution in [1.29, 1.82) is 0 Å². The van der Waals surface area contributed by atoms with E-state index >= 15 is 0 Å². The molecule has 2 aromatic heterocycles. The fourth-order valence-corrected chi connectivity index (χ4v) is 4.50. The number of imidazole rings is 2. The van der Waals surface area contributed by atoms with Crippen molar-refractivity contribution in [3.05, 3.63) is 48.5 Å². The van der Waals surface area contributed by atoms with Gasteiger partial charge in [0.05, 0.1) is 22.1 Å². The van der Waals surface area contributed by atoms with Crippen molar-refractivity contribution in [3.8, 4) is 0 Å². The number of anilines is 2. The highest BCUT2D eigenvalue weighted by molar-refractivity contribution is 5.79. The molecule has 1 fully saturated rings. The molecule has 0 radical (unpaired) electrons. The van der Waals surface area contributed by atoms with Crippen molar-refractivity contribution < 1.29 is 0 Å². The number of aromatic nitrogens is 4. The second-order valence-electron chi connectivity index (χ2n) is 7.13. The molecule has 0 aliphatic heterocycles. The van der Waals surface area contributed by atoms with Crippen molar-refractivity contribution >= 4 is 34.0 Å². The van der Waals surface area contributed by atoms with E-state index in [0.29, 0.717) is 24.0 Å². The standard InChI is InChI=1S/C20H22N6/c21-19-23-15-8-1-3-10-17(15)25(19)13-6-5-7-14(12-13)26-18-11-4-2-9-16(18)24-20(26)22/h1-4,8-11,13-14H,5-7,12H2,(H2,21,23)(H2,22,24). The van der Waals surface area contributed by atoms with Crippen LogP contribution in [-0.4, -0.2) is 19.1 Å². The average Bonchev–Trinajstić information content (AvgIpc) is 3.17. The summed E-state index contributed by atoms with van der Waals surface area (Å²) in [6, 6.07) is 17.0. The molecular formula is C20H22N6. The number of para-hydroxylation sites is 4. The quantitative estimate of drug-likeness (QED) is 0.576. The van der Waals surface area contributed by atoms with Crippen LogP contribution in [0.3, 0.4) is 0 Å². The van der Waals surface area contributed by atoms with E-state index in [2.05, 4.69) is 31.2 Å². The summed E-state index contributed by atoms with van der Waals surface area (Å²) in [7, 11) is 0. The normalized spacial score (nSPS) is 20.8. The molecule has 1 aliphatic rings. The summed E-state index contributed by atoms with van der Waals surface area (Å²) < 4.78 is 4.41. The number of benzene rings is 2. The first-order chi connectivity index (χ1) is 12.7. The second kappa shape index (κ2) is 5.76. The molecule has 0 bridgehead atoms. The lowest BCUT2D eigenvalue weighted by Gasteiger charge is -2.32. The lowest BCUT2D eigenvalue weighted by molar-refractivity contribution is 0.278. The van der Waals surface area contributed by atoms with Crippen LogP contribution >= 0.6 is 0 Å². The molecule has 6 nitrogen and oxygen atoms in total. The van der Waals surface area contributed by atoms with Gasteiger partial charge in [0, 0.05) is 12.1 Å². The molecule has 6 heteroatoms. The van der Waals surface area contributed by atoms with Gasteiger partial charge in [0.1, 0.15) is 0 Å². The van der Waals surface area contributed by atoms with Crippen LogP contribution < -0.4 is 11.5 Å². The molecule has 4 N–H and O–H groups in total. The van der Waals surface area contributed by atoms with Crippen molar-refractivity contribution in [3.63, 3.8) is 0 Å². The Kier molecular flexibility index (Phi) is 3.38. The third-order valence-electron chi connectivity index (χ3n) is 5.60. The predicted molar refractivity (Wildman–Crippen MR) is 105 cm³/mol. The van der Waals surface area contributed by atoms with Gasteiger partial charge < -0.3 is 20.6 Å². The Bertz CT molecular complexity index is 1010. The maximum atomic E-state index is 6.28. The maximum Gasteiger partial charge on any atom is 0.201 e. The van der Waals surface area contributed by atoms with Crippen molar-refractivity contribution in [2.75, 3.05) is 11.5 Å². The Hall–Kier alpha value is -3.02. The number of nitrogen functional groups attached to an aromatic ring is 2. The first kappa shape index (κ1) is 15.3. The third kappa shape index (κ3) is 2.25. The summed E-state index contributed by atoms with van der Waals surface area (Å²) >= 11 is 0. The third-order valence-corrected chi connectivity index (χ3v) is 5.60. The lowest BCUT2D eigenvalue weighted by atomic mass is 9.90. The molecule has 1 aliphatic carbocycles. The van der Waals surface area contributed by atoms with Gasteiger partial charge in [0.25, 0.3) is 0 Å². The number of hydrogen-bond donors (Lipinski definition) is 2. The Morgan fingerprint density at radius 2 is 1.19 bits per heavy atom. The van der Waals surface area contributed by atoms with Crippen LogP contribution in [-0.2, 0) is 0 Å². The minimum atomic E-state index is 0.321. The maximum absolute atomic E-state index is 6.28. The number of nitrogens with two attached hydrogens (primary N) is 2. The predicted octanol–water partition coefficient (Wildman–Crippen LogP) is 3.91. The highest BCUT2D eigenvalue weighted by Crippen LogP contribution is 2.40. The molecule has 1 saturated carbocycles.